The quantitative estimate of drug-likeness (QED) is 0.289. The minimum atomic E-state index is -4.14. The maximum atomic E-state index is 13.2. The van der Waals surface area contributed by atoms with Gasteiger partial charge in [-0.05, 0) is 19.9 Å². The molecule has 208 valence electrons. The van der Waals surface area contributed by atoms with Crippen LogP contribution in [0.1, 0.15) is 40.3 Å². The van der Waals surface area contributed by atoms with Crippen LogP contribution in [0.25, 0.3) is 0 Å². The van der Waals surface area contributed by atoms with E-state index in [4.69, 9.17) is 28.8 Å². The number of hydrogen-bond acceptors (Lipinski definition) is 13. The number of nitrogens with zero attached hydrogens (tertiary/aromatic N) is 2. The van der Waals surface area contributed by atoms with Gasteiger partial charge in [-0.1, -0.05) is 25.6 Å². The number of nitrogens with two attached hydrogens (primary N) is 1. The molecule has 5 atom stereocenters. The summed E-state index contributed by atoms with van der Waals surface area (Å²) in [6.07, 6.45) is -2.10. The van der Waals surface area contributed by atoms with Gasteiger partial charge in [0.25, 0.3) is 0 Å². The lowest BCUT2D eigenvalue weighted by atomic mass is 9.95. The summed E-state index contributed by atoms with van der Waals surface area (Å²) < 4.78 is 41.4. The molecule has 2 aliphatic rings. The highest BCUT2D eigenvalue weighted by Crippen LogP contribution is 2.57. The highest BCUT2D eigenvalue weighted by atomic mass is 32.2. The van der Waals surface area contributed by atoms with E-state index in [-0.39, 0.29) is 49.5 Å². The Balaban J connectivity index is 1.57. The van der Waals surface area contributed by atoms with E-state index in [0.29, 0.717) is 0 Å². The maximum Gasteiger partial charge on any atom is 0.475 e. The number of carbonyl (C=O) groups is 2. The Morgan fingerprint density at radius 1 is 1.46 bits per heavy atom. The Morgan fingerprint density at radius 2 is 2.19 bits per heavy atom. The minimum Gasteiger partial charge on any atom is -0.450 e. The van der Waals surface area contributed by atoms with Crippen LogP contribution in [0.3, 0.4) is 0 Å². The van der Waals surface area contributed by atoms with Gasteiger partial charge < -0.3 is 25.6 Å². The zero-order valence-corrected chi connectivity index (χ0v) is 22.8. The lowest BCUT2D eigenvalue weighted by Crippen LogP contribution is -2.46. The van der Waals surface area contributed by atoms with Gasteiger partial charge in [-0.3, -0.25) is 22.9 Å². The largest absolute Gasteiger partial charge is 0.475 e. The van der Waals surface area contributed by atoms with Crippen molar-refractivity contribution < 1.29 is 42.3 Å². The second-order valence-corrected chi connectivity index (χ2v) is 12.0. The second kappa shape index (κ2) is 11.8. The Hall–Kier alpha value is -2.00. The number of thioether (sulfide) groups is 1. The maximum absolute atomic E-state index is 13.2. The highest BCUT2D eigenvalue weighted by Gasteiger charge is 2.58. The average molecular weight is 565 g/mol. The number of carbonyl (C=O) groups excluding carboxylic acids is 2. The van der Waals surface area contributed by atoms with Gasteiger partial charge in [0.05, 0.1) is 31.3 Å². The van der Waals surface area contributed by atoms with Crippen molar-refractivity contribution in [1.82, 2.24) is 14.9 Å². The van der Waals surface area contributed by atoms with Crippen molar-refractivity contribution in [2.45, 2.75) is 58.2 Å². The lowest BCUT2D eigenvalue weighted by Gasteiger charge is -2.30. The number of nitrogen functional groups attached to an aromatic ring is 1. The number of aliphatic hydroxyl groups is 1. The lowest BCUT2D eigenvalue weighted by molar-refractivity contribution is -0.117. The first kappa shape index (κ1) is 29.6. The van der Waals surface area contributed by atoms with E-state index in [1.807, 2.05) is 0 Å². The Labute approximate surface area is 218 Å². The van der Waals surface area contributed by atoms with Gasteiger partial charge in [0.1, 0.15) is 17.5 Å². The summed E-state index contributed by atoms with van der Waals surface area (Å²) >= 11 is 0.943. The van der Waals surface area contributed by atoms with Crippen LogP contribution in [-0.2, 0) is 32.4 Å². The van der Waals surface area contributed by atoms with Crippen molar-refractivity contribution in [2.24, 2.45) is 5.41 Å². The first-order valence-electron chi connectivity index (χ1n) is 11.7. The summed E-state index contributed by atoms with van der Waals surface area (Å²) in [5.41, 5.74) is 2.14. The SMILES string of the molecule is CCOC(=O)NCC(C)(C)C(=O)SCCO[P@]1(=O)OCC[C@H]2O[C@@H](n3ccc(N)nc3=O)[C@](C)(O)[C@@H]2O1. The normalized spacial score (nSPS) is 29.8. The molecule has 0 spiro atoms. The van der Waals surface area contributed by atoms with Gasteiger partial charge >= 0.3 is 19.6 Å². The third kappa shape index (κ3) is 7.11. The molecule has 2 fully saturated rings. The molecule has 3 heterocycles. The van der Waals surface area contributed by atoms with Crippen LogP contribution in [0.4, 0.5) is 10.6 Å². The van der Waals surface area contributed by atoms with Crippen molar-refractivity contribution in [1.29, 1.82) is 0 Å². The molecule has 1 aromatic heterocycles. The van der Waals surface area contributed by atoms with E-state index < -0.39 is 49.1 Å². The summed E-state index contributed by atoms with van der Waals surface area (Å²) in [7, 11) is -4.14. The molecular formula is C21H33N4O10PS. The fourth-order valence-electron chi connectivity index (χ4n) is 3.78. The topological polar surface area (TPSA) is 191 Å². The van der Waals surface area contributed by atoms with E-state index in [2.05, 4.69) is 10.3 Å². The van der Waals surface area contributed by atoms with Crippen molar-refractivity contribution in [3.05, 3.63) is 22.7 Å². The van der Waals surface area contributed by atoms with Gasteiger partial charge in [0.2, 0.25) is 0 Å². The third-order valence-corrected chi connectivity index (χ3v) is 8.45. The van der Waals surface area contributed by atoms with Gasteiger partial charge in [0.15, 0.2) is 11.3 Å². The van der Waals surface area contributed by atoms with Crippen LogP contribution in [0.2, 0.25) is 0 Å². The van der Waals surface area contributed by atoms with E-state index in [1.165, 1.54) is 19.2 Å². The first-order valence-corrected chi connectivity index (χ1v) is 14.1. The monoisotopic (exact) mass is 564 g/mol. The molecule has 0 aromatic carbocycles. The summed E-state index contributed by atoms with van der Waals surface area (Å²) in [5.74, 6) is 0.153. The standard InChI is InChI=1S/C21H33N4O10PS/c1-5-31-19(28)23-12-20(2,3)17(26)37-11-10-33-36(30)32-9-7-13-15(35-36)21(4,29)16(34-13)25-8-6-14(22)24-18(25)27/h6,8,13,15-16,29H,5,7,9-12H2,1-4H3,(H,23,28)(H2,22,24,27)/t13-,15-,16-,21-,36+/m1/s1. The first-order chi connectivity index (χ1) is 17.3. The average Bonchev–Trinajstić information content (AvgIpc) is 2.94. The van der Waals surface area contributed by atoms with E-state index in [1.54, 1.807) is 20.8 Å². The van der Waals surface area contributed by atoms with Crippen molar-refractivity contribution >= 4 is 36.6 Å². The summed E-state index contributed by atoms with van der Waals surface area (Å²) in [4.78, 5) is 40.0. The van der Waals surface area contributed by atoms with E-state index in [0.717, 1.165) is 16.3 Å². The van der Waals surface area contributed by atoms with Crippen LogP contribution in [-0.4, -0.2) is 75.8 Å². The number of phosphoric acid groups is 1. The number of anilines is 1. The molecular weight excluding hydrogens is 531 g/mol. The molecule has 3 rings (SSSR count). The number of rotatable bonds is 9. The van der Waals surface area contributed by atoms with Crippen LogP contribution >= 0.6 is 19.6 Å². The fourth-order valence-corrected chi connectivity index (χ4v) is 6.19. The number of fused-ring (bicyclic) bond motifs is 1. The summed E-state index contributed by atoms with van der Waals surface area (Å²) in [6.45, 7) is 6.52. The smallest absolute Gasteiger partial charge is 0.450 e. The molecule has 1 aromatic rings. The number of nitrogens with one attached hydrogen (secondary N) is 1. The number of alkyl carbamates (subject to hydrolysis) is 1. The molecule has 37 heavy (non-hydrogen) atoms. The molecule has 0 unspecified atom stereocenters. The van der Waals surface area contributed by atoms with Crippen LogP contribution in [0.5, 0.6) is 0 Å². The summed E-state index contributed by atoms with van der Waals surface area (Å²) in [5, 5.41) is 13.5. The van der Waals surface area contributed by atoms with E-state index >= 15 is 0 Å². The molecule has 4 N–H and O–H groups in total. The third-order valence-electron chi connectivity index (χ3n) is 5.78. The Morgan fingerprint density at radius 3 is 2.86 bits per heavy atom. The van der Waals surface area contributed by atoms with Gasteiger partial charge in [0, 0.05) is 24.9 Å². The molecule has 0 radical (unpaired) electrons. The number of phosphoric ester groups is 1. The molecule has 1 amide bonds. The molecule has 0 saturated carbocycles. The number of hydrogen-bond donors (Lipinski definition) is 3. The van der Waals surface area contributed by atoms with Crippen LogP contribution < -0.4 is 16.7 Å². The van der Waals surface area contributed by atoms with Gasteiger partial charge in [-0.25, -0.2) is 14.2 Å². The molecule has 2 saturated heterocycles. The van der Waals surface area contributed by atoms with Crippen molar-refractivity contribution in [3.8, 4) is 0 Å². The number of ether oxygens (including phenoxy) is 2. The molecule has 14 nitrogen and oxygen atoms in total. The molecule has 16 heteroatoms. The van der Waals surface area contributed by atoms with Crippen molar-refractivity contribution in [2.75, 3.05) is 37.9 Å². The molecule has 2 aliphatic heterocycles. The van der Waals surface area contributed by atoms with Gasteiger partial charge in [-0.2, -0.15) is 4.98 Å². The van der Waals surface area contributed by atoms with Crippen molar-refractivity contribution in [3.63, 3.8) is 0 Å². The Bertz CT molecular complexity index is 1100. The zero-order valence-electron chi connectivity index (χ0n) is 21.1. The predicted octanol–water partition coefficient (Wildman–Crippen LogP) is 1.44. The Kier molecular flexibility index (Phi) is 9.43. The number of amides is 1. The van der Waals surface area contributed by atoms with Gasteiger partial charge in [-0.15, -0.1) is 0 Å². The molecule has 0 aliphatic carbocycles. The van der Waals surface area contributed by atoms with E-state index in [9.17, 15) is 24.1 Å². The summed E-state index contributed by atoms with van der Waals surface area (Å²) in [6, 6.07) is 1.39. The number of aromatic nitrogens is 2. The van der Waals surface area contributed by atoms with Crippen LogP contribution in [0.15, 0.2) is 17.1 Å². The fraction of sp³-hybridized carbons (Fsp3) is 0.714. The minimum absolute atomic E-state index is 0.0191. The second-order valence-electron chi connectivity index (χ2n) is 9.32. The van der Waals surface area contributed by atoms with Crippen LogP contribution in [0, 0.1) is 5.41 Å². The highest BCUT2D eigenvalue weighted by molar-refractivity contribution is 8.13. The zero-order chi connectivity index (χ0) is 27.4. The molecule has 0 bridgehead atoms. The predicted molar refractivity (Wildman–Crippen MR) is 133 cm³/mol.